The highest BCUT2D eigenvalue weighted by atomic mass is 32.1. The average molecular weight is 251 g/mol. The molecule has 5 nitrogen and oxygen atoms in total. The number of nitrogens with one attached hydrogen (secondary N) is 1. The fraction of sp³-hybridized carbons (Fsp3) is 0.273. The van der Waals surface area contributed by atoms with Crippen molar-refractivity contribution in [1.82, 2.24) is 5.43 Å². The monoisotopic (exact) mass is 251 g/mol. The molecule has 6 heteroatoms. The lowest BCUT2D eigenvalue weighted by Gasteiger charge is -2.03. The SMILES string of the molecule is CC(Cc1ccc2c(c1)OCO2)=NNC(N)=S. The van der Waals surface area contributed by atoms with E-state index in [2.05, 4.69) is 22.7 Å². The van der Waals surface area contributed by atoms with Gasteiger partial charge < -0.3 is 15.2 Å². The third kappa shape index (κ3) is 3.07. The first-order valence-corrected chi connectivity index (χ1v) is 5.53. The standard InChI is InChI=1S/C11H13N3O2S/c1-7(13-14-11(12)17)4-8-2-3-9-10(5-8)16-6-15-9/h2-3,5H,4,6H2,1H3,(H3,12,14,17). The molecule has 0 spiro atoms. The molecule has 0 fully saturated rings. The number of rotatable bonds is 3. The van der Waals surface area contributed by atoms with Crippen LogP contribution in [0.25, 0.3) is 0 Å². The lowest BCUT2D eigenvalue weighted by molar-refractivity contribution is 0.174. The minimum Gasteiger partial charge on any atom is -0.454 e. The Labute approximate surface area is 105 Å². The van der Waals surface area contributed by atoms with Gasteiger partial charge in [-0.05, 0) is 36.8 Å². The third-order valence-corrected chi connectivity index (χ3v) is 2.35. The quantitative estimate of drug-likeness (QED) is 0.479. The fourth-order valence-corrected chi connectivity index (χ4v) is 1.58. The van der Waals surface area contributed by atoms with Crippen LogP contribution in [0.15, 0.2) is 23.3 Å². The van der Waals surface area contributed by atoms with Crippen LogP contribution in [0, 0.1) is 0 Å². The second-order valence-electron chi connectivity index (χ2n) is 3.69. The largest absolute Gasteiger partial charge is 0.454 e. The molecule has 90 valence electrons. The third-order valence-electron chi connectivity index (χ3n) is 2.25. The van der Waals surface area contributed by atoms with Gasteiger partial charge in [-0.2, -0.15) is 5.10 Å². The smallest absolute Gasteiger partial charge is 0.231 e. The minimum absolute atomic E-state index is 0.162. The molecule has 0 saturated heterocycles. The van der Waals surface area contributed by atoms with E-state index in [1.807, 2.05) is 25.1 Å². The first-order valence-electron chi connectivity index (χ1n) is 5.12. The van der Waals surface area contributed by atoms with E-state index in [9.17, 15) is 0 Å². The van der Waals surface area contributed by atoms with E-state index >= 15 is 0 Å². The number of hydrogen-bond donors (Lipinski definition) is 2. The summed E-state index contributed by atoms with van der Waals surface area (Å²) in [4.78, 5) is 0. The number of thiocarbonyl (C=S) groups is 1. The van der Waals surface area contributed by atoms with Gasteiger partial charge in [0.1, 0.15) is 0 Å². The summed E-state index contributed by atoms with van der Waals surface area (Å²) in [6.45, 7) is 2.19. The Balaban J connectivity index is 2.04. The second kappa shape index (κ2) is 5.01. The number of ether oxygens (including phenoxy) is 2. The van der Waals surface area contributed by atoms with Crippen LogP contribution in [0.5, 0.6) is 11.5 Å². The number of fused-ring (bicyclic) bond motifs is 1. The van der Waals surface area contributed by atoms with Gasteiger partial charge >= 0.3 is 0 Å². The molecule has 1 aromatic rings. The van der Waals surface area contributed by atoms with Crippen LogP contribution in [0.2, 0.25) is 0 Å². The average Bonchev–Trinajstić information content (AvgIpc) is 2.73. The number of benzene rings is 1. The first kappa shape index (κ1) is 11.7. The number of hydrazone groups is 1. The summed E-state index contributed by atoms with van der Waals surface area (Å²) >= 11 is 4.67. The predicted octanol–water partition coefficient (Wildman–Crippen LogP) is 1.17. The first-order chi connectivity index (χ1) is 8.15. The zero-order chi connectivity index (χ0) is 12.3. The van der Waals surface area contributed by atoms with Gasteiger partial charge in [0.25, 0.3) is 0 Å². The Morgan fingerprint density at radius 3 is 3.00 bits per heavy atom. The highest BCUT2D eigenvalue weighted by Crippen LogP contribution is 2.32. The molecule has 1 aliphatic heterocycles. The molecule has 1 aliphatic rings. The number of nitrogens with two attached hydrogens (primary N) is 1. The number of hydrogen-bond acceptors (Lipinski definition) is 4. The van der Waals surface area contributed by atoms with Crippen molar-refractivity contribution in [2.75, 3.05) is 6.79 Å². The molecular formula is C11H13N3O2S. The summed E-state index contributed by atoms with van der Waals surface area (Å²) in [6.07, 6.45) is 0.701. The topological polar surface area (TPSA) is 68.9 Å². The lowest BCUT2D eigenvalue weighted by atomic mass is 10.1. The molecule has 2 rings (SSSR count). The van der Waals surface area contributed by atoms with Gasteiger partial charge in [0.15, 0.2) is 16.6 Å². The van der Waals surface area contributed by atoms with Crippen LogP contribution in [0.3, 0.4) is 0 Å². The van der Waals surface area contributed by atoms with E-state index in [4.69, 9.17) is 15.2 Å². The maximum atomic E-state index is 5.30. The molecule has 0 aliphatic carbocycles. The predicted molar refractivity (Wildman–Crippen MR) is 69.3 cm³/mol. The summed E-state index contributed by atoms with van der Waals surface area (Å²) in [7, 11) is 0. The summed E-state index contributed by atoms with van der Waals surface area (Å²) < 4.78 is 10.5. The Morgan fingerprint density at radius 1 is 1.47 bits per heavy atom. The van der Waals surface area contributed by atoms with Crippen LogP contribution in [-0.4, -0.2) is 17.6 Å². The van der Waals surface area contributed by atoms with Gasteiger partial charge in [-0.15, -0.1) is 0 Å². The molecule has 0 unspecified atom stereocenters. The van der Waals surface area contributed by atoms with Gasteiger partial charge in [-0.25, -0.2) is 0 Å². The Bertz CT molecular complexity index is 474. The van der Waals surface area contributed by atoms with Crippen molar-refractivity contribution in [2.45, 2.75) is 13.3 Å². The van der Waals surface area contributed by atoms with E-state index in [1.54, 1.807) is 0 Å². The van der Waals surface area contributed by atoms with Crippen molar-refractivity contribution >= 4 is 23.0 Å². The molecule has 0 radical (unpaired) electrons. The maximum absolute atomic E-state index is 5.30. The van der Waals surface area contributed by atoms with E-state index in [-0.39, 0.29) is 11.9 Å². The zero-order valence-electron chi connectivity index (χ0n) is 9.40. The minimum atomic E-state index is 0.162. The van der Waals surface area contributed by atoms with E-state index < -0.39 is 0 Å². The summed E-state index contributed by atoms with van der Waals surface area (Å²) in [5.41, 5.74) is 9.83. The maximum Gasteiger partial charge on any atom is 0.231 e. The lowest BCUT2D eigenvalue weighted by Crippen LogP contribution is -2.25. The highest BCUT2D eigenvalue weighted by Gasteiger charge is 2.13. The van der Waals surface area contributed by atoms with Gasteiger partial charge in [-0.3, -0.25) is 5.43 Å². The van der Waals surface area contributed by atoms with Gasteiger partial charge in [0.05, 0.1) is 0 Å². The van der Waals surface area contributed by atoms with Crippen LogP contribution in [-0.2, 0) is 6.42 Å². The van der Waals surface area contributed by atoms with Crippen LogP contribution >= 0.6 is 12.2 Å². The van der Waals surface area contributed by atoms with Crippen molar-refractivity contribution in [2.24, 2.45) is 10.8 Å². The molecule has 0 aromatic heterocycles. The van der Waals surface area contributed by atoms with Crippen molar-refractivity contribution in [3.8, 4) is 11.5 Å². The molecule has 1 aromatic carbocycles. The zero-order valence-corrected chi connectivity index (χ0v) is 10.2. The Kier molecular flexibility index (Phi) is 3.43. The van der Waals surface area contributed by atoms with Crippen molar-refractivity contribution < 1.29 is 9.47 Å². The molecule has 1 heterocycles. The molecule has 0 atom stereocenters. The van der Waals surface area contributed by atoms with E-state index in [0.717, 1.165) is 22.8 Å². The van der Waals surface area contributed by atoms with Crippen LogP contribution in [0.1, 0.15) is 12.5 Å². The Hall–Kier alpha value is -1.82. The van der Waals surface area contributed by atoms with E-state index in [1.165, 1.54) is 0 Å². The second-order valence-corrected chi connectivity index (χ2v) is 4.13. The molecule has 0 amide bonds. The molecule has 3 N–H and O–H groups in total. The molecular weight excluding hydrogens is 238 g/mol. The highest BCUT2D eigenvalue weighted by molar-refractivity contribution is 7.80. The summed E-state index contributed by atoms with van der Waals surface area (Å²) in [6, 6.07) is 5.82. The summed E-state index contributed by atoms with van der Waals surface area (Å²) in [5, 5.41) is 4.20. The van der Waals surface area contributed by atoms with Crippen LogP contribution in [0.4, 0.5) is 0 Å². The van der Waals surface area contributed by atoms with Crippen molar-refractivity contribution in [3.63, 3.8) is 0 Å². The Morgan fingerprint density at radius 2 is 2.24 bits per heavy atom. The number of nitrogens with zero attached hydrogens (tertiary/aromatic N) is 1. The normalized spacial score (nSPS) is 13.6. The van der Waals surface area contributed by atoms with Crippen molar-refractivity contribution in [3.05, 3.63) is 23.8 Å². The van der Waals surface area contributed by atoms with Crippen LogP contribution < -0.4 is 20.6 Å². The van der Waals surface area contributed by atoms with Gasteiger partial charge in [0, 0.05) is 12.1 Å². The molecule has 0 saturated carbocycles. The fourth-order valence-electron chi connectivity index (χ4n) is 1.54. The molecule has 17 heavy (non-hydrogen) atoms. The molecule has 0 bridgehead atoms. The van der Waals surface area contributed by atoms with Gasteiger partial charge in [-0.1, -0.05) is 6.07 Å². The van der Waals surface area contributed by atoms with Gasteiger partial charge in [0.2, 0.25) is 6.79 Å². The van der Waals surface area contributed by atoms with Crippen molar-refractivity contribution in [1.29, 1.82) is 0 Å². The summed E-state index contributed by atoms with van der Waals surface area (Å²) in [5.74, 6) is 1.56. The van der Waals surface area contributed by atoms with E-state index in [0.29, 0.717) is 6.42 Å².